The summed E-state index contributed by atoms with van der Waals surface area (Å²) in [6.45, 7) is 6.65. The van der Waals surface area contributed by atoms with Crippen molar-refractivity contribution in [2.75, 3.05) is 18.0 Å². The van der Waals surface area contributed by atoms with E-state index in [9.17, 15) is 0 Å². The Balaban J connectivity index is 2.21. The molecule has 2 heterocycles. The summed E-state index contributed by atoms with van der Waals surface area (Å²) in [5.74, 6) is 0.725. The highest BCUT2D eigenvalue weighted by Gasteiger charge is 2.27. The number of aryl methyl sites for hydroxylation is 1. The maximum Gasteiger partial charge on any atom is 0.0427 e. The number of nitrogens with zero attached hydrogens (tertiary/aromatic N) is 2. The fraction of sp³-hybridized carbons (Fsp3) is 0.545. The number of alkyl halides is 1. The van der Waals surface area contributed by atoms with Crippen LogP contribution in [0, 0.1) is 12.8 Å². The fourth-order valence-electron chi connectivity index (χ4n) is 1.94. The van der Waals surface area contributed by atoms with Crippen LogP contribution in [0.15, 0.2) is 18.5 Å². The second-order valence-electron chi connectivity index (χ2n) is 4.06. The van der Waals surface area contributed by atoms with Crippen LogP contribution < -0.4 is 4.90 Å². The molecule has 1 aliphatic heterocycles. The van der Waals surface area contributed by atoms with Crippen molar-refractivity contribution in [3.05, 3.63) is 24.0 Å². The number of aromatic nitrogens is 1. The SMILES string of the molecule is Cc1cnccc1N1CC(C)C(Br)C1. The molecule has 0 aromatic carbocycles. The van der Waals surface area contributed by atoms with Gasteiger partial charge < -0.3 is 4.90 Å². The van der Waals surface area contributed by atoms with Crippen LogP contribution in [0.4, 0.5) is 5.69 Å². The first kappa shape index (κ1) is 9.97. The van der Waals surface area contributed by atoms with E-state index in [4.69, 9.17) is 0 Å². The molecular weight excluding hydrogens is 240 g/mol. The first-order chi connectivity index (χ1) is 6.68. The Morgan fingerprint density at radius 2 is 2.29 bits per heavy atom. The second kappa shape index (κ2) is 3.89. The molecule has 2 rings (SSSR count). The van der Waals surface area contributed by atoms with Crippen molar-refractivity contribution in [3.8, 4) is 0 Å². The molecule has 3 heteroatoms. The van der Waals surface area contributed by atoms with Gasteiger partial charge in [0.05, 0.1) is 0 Å². The van der Waals surface area contributed by atoms with Gasteiger partial charge in [-0.2, -0.15) is 0 Å². The van der Waals surface area contributed by atoms with Crippen molar-refractivity contribution in [3.63, 3.8) is 0 Å². The number of hydrogen-bond acceptors (Lipinski definition) is 2. The first-order valence-electron chi connectivity index (χ1n) is 4.98. The number of pyridine rings is 1. The molecule has 2 nitrogen and oxygen atoms in total. The summed E-state index contributed by atoms with van der Waals surface area (Å²) in [5.41, 5.74) is 2.59. The molecule has 1 aromatic heterocycles. The molecule has 0 N–H and O–H groups in total. The Morgan fingerprint density at radius 1 is 1.50 bits per heavy atom. The average Bonchev–Trinajstić information content (AvgIpc) is 2.48. The van der Waals surface area contributed by atoms with Gasteiger partial charge in [0.1, 0.15) is 0 Å². The van der Waals surface area contributed by atoms with E-state index in [-0.39, 0.29) is 0 Å². The Morgan fingerprint density at radius 3 is 2.86 bits per heavy atom. The van der Waals surface area contributed by atoms with Gasteiger partial charge in [-0.15, -0.1) is 0 Å². The minimum atomic E-state index is 0.620. The number of anilines is 1. The zero-order chi connectivity index (χ0) is 10.1. The van der Waals surface area contributed by atoms with Crippen LogP contribution in [0.3, 0.4) is 0 Å². The van der Waals surface area contributed by atoms with Gasteiger partial charge in [-0.3, -0.25) is 4.98 Å². The van der Waals surface area contributed by atoms with Crippen molar-refractivity contribution in [1.29, 1.82) is 0 Å². The molecule has 1 aromatic rings. The summed E-state index contributed by atoms with van der Waals surface area (Å²) >= 11 is 3.71. The number of halogens is 1. The summed E-state index contributed by atoms with van der Waals surface area (Å²) in [7, 11) is 0. The van der Waals surface area contributed by atoms with E-state index in [1.54, 1.807) is 0 Å². The van der Waals surface area contributed by atoms with Gasteiger partial charge in [0.15, 0.2) is 0 Å². The third-order valence-electron chi connectivity index (χ3n) is 2.85. The Labute approximate surface area is 93.5 Å². The maximum absolute atomic E-state index is 4.12. The second-order valence-corrected chi connectivity index (χ2v) is 5.24. The predicted octanol–water partition coefficient (Wildman–Crippen LogP) is 2.61. The average molecular weight is 255 g/mol. The Hall–Kier alpha value is -0.570. The largest absolute Gasteiger partial charge is 0.370 e. The predicted molar refractivity (Wildman–Crippen MR) is 63.1 cm³/mol. The molecule has 76 valence electrons. The molecule has 1 aliphatic rings. The van der Waals surface area contributed by atoms with Gasteiger partial charge in [0.25, 0.3) is 0 Å². The van der Waals surface area contributed by atoms with E-state index >= 15 is 0 Å². The minimum Gasteiger partial charge on any atom is -0.370 e. The summed E-state index contributed by atoms with van der Waals surface area (Å²) in [4.78, 5) is 7.17. The molecule has 0 aliphatic carbocycles. The summed E-state index contributed by atoms with van der Waals surface area (Å²) < 4.78 is 0. The van der Waals surface area contributed by atoms with Crippen LogP contribution in [0.2, 0.25) is 0 Å². The van der Waals surface area contributed by atoms with Gasteiger partial charge in [-0.25, -0.2) is 0 Å². The van der Waals surface area contributed by atoms with Gasteiger partial charge in [-0.05, 0) is 24.5 Å². The first-order valence-corrected chi connectivity index (χ1v) is 5.89. The summed E-state index contributed by atoms with van der Waals surface area (Å²) in [6.07, 6.45) is 3.80. The van der Waals surface area contributed by atoms with Gasteiger partial charge in [0.2, 0.25) is 0 Å². The van der Waals surface area contributed by atoms with Crippen LogP contribution in [0.1, 0.15) is 12.5 Å². The number of rotatable bonds is 1. The van der Waals surface area contributed by atoms with Crippen LogP contribution in [0.25, 0.3) is 0 Å². The quantitative estimate of drug-likeness (QED) is 0.717. The van der Waals surface area contributed by atoms with Crippen molar-refractivity contribution in [2.45, 2.75) is 18.7 Å². The van der Waals surface area contributed by atoms with E-state index in [0.717, 1.165) is 19.0 Å². The molecule has 14 heavy (non-hydrogen) atoms. The zero-order valence-electron chi connectivity index (χ0n) is 8.57. The van der Waals surface area contributed by atoms with E-state index < -0.39 is 0 Å². The molecule has 0 bridgehead atoms. The van der Waals surface area contributed by atoms with Crippen molar-refractivity contribution in [2.24, 2.45) is 5.92 Å². The topological polar surface area (TPSA) is 16.1 Å². The molecule has 1 saturated heterocycles. The monoisotopic (exact) mass is 254 g/mol. The molecule has 0 spiro atoms. The smallest absolute Gasteiger partial charge is 0.0427 e. The molecule has 0 amide bonds. The van der Waals surface area contributed by atoms with Crippen molar-refractivity contribution in [1.82, 2.24) is 4.98 Å². The van der Waals surface area contributed by atoms with E-state index in [1.807, 2.05) is 12.4 Å². The van der Waals surface area contributed by atoms with Gasteiger partial charge in [0, 0.05) is 36.0 Å². The molecule has 0 saturated carbocycles. The standard InChI is InChI=1S/C11H15BrN2/c1-8-5-13-4-3-11(8)14-6-9(2)10(12)7-14/h3-5,9-10H,6-7H2,1-2H3. The summed E-state index contributed by atoms with van der Waals surface area (Å²) in [5, 5.41) is 0. The molecular formula is C11H15BrN2. The van der Waals surface area contributed by atoms with Crippen molar-refractivity contribution >= 4 is 21.6 Å². The Bertz CT molecular complexity index is 317. The van der Waals surface area contributed by atoms with Crippen LogP contribution >= 0.6 is 15.9 Å². The van der Waals surface area contributed by atoms with E-state index in [1.165, 1.54) is 11.3 Å². The number of hydrogen-bond donors (Lipinski definition) is 0. The highest BCUT2D eigenvalue weighted by atomic mass is 79.9. The lowest BCUT2D eigenvalue weighted by Crippen LogP contribution is -2.20. The zero-order valence-corrected chi connectivity index (χ0v) is 10.2. The van der Waals surface area contributed by atoms with Gasteiger partial charge in [-0.1, -0.05) is 22.9 Å². The fourth-order valence-corrected chi connectivity index (χ4v) is 2.46. The maximum atomic E-state index is 4.12. The molecule has 1 fully saturated rings. The minimum absolute atomic E-state index is 0.620. The highest BCUT2D eigenvalue weighted by molar-refractivity contribution is 9.09. The van der Waals surface area contributed by atoms with Crippen LogP contribution in [-0.2, 0) is 0 Å². The lowest BCUT2D eigenvalue weighted by molar-refractivity contribution is 0.680. The lowest BCUT2D eigenvalue weighted by Gasteiger charge is -2.19. The molecule has 0 radical (unpaired) electrons. The normalized spacial score (nSPS) is 26.9. The lowest BCUT2D eigenvalue weighted by atomic mass is 10.2. The van der Waals surface area contributed by atoms with E-state index in [0.29, 0.717) is 4.83 Å². The van der Waals surface area contributed by atoms with Gasteiger partial charge >= 0.3 is 0 Å². The van der Waals surface area contributed by atoms with Crippen LogP contribution in [-0.4, -0.2) is 22.9 Å². The summed E-state index contributed by atoms with van der Waals surface area (Å²) in [6, 6.07) is 2.10. The molecule has 2 unspecified atom stereocenters. The van der Waals surface area contributed by atoms with Crippen LogP contribution in [0.5, 0.6) is 0 Å². The highest BCUT2D eigenvalue weighted by Crippen LogP contribution is 2.29. The van der Waals surface area contributed by atoms with E-state index in [2.05, 4.69) is 45.7 Å². The third-order valence-corrected chi connectivity index (χ3v) is 4.04. The molecule has 2 atom stereocenters. The Kier molecular flexibility index (Phi) is 2.77. The third kappa shape index (κ3) is 1.78. The van der Waals surface area contributed by atoms with Crippen molar-refractivity contribution < 1.29 is 0 Å².